The number of piperidine rings is 1. The van der Waals surface area contributed by atoms with Gasteiger partial charge in [-0.25, -0.2) is 8.42 Å². The molecule has 0 saturated carbocycles. The number of aryl methyl sites for hydroxylation is 1. The quantitative estimate of drug-likeness (QED) is 0.391. The highest BCUT2D eigenvalue weighted by Crippen LogP contribution is 2.32. The van der Waals surface area contributed by atoms with Gasteiger partial charge in [-0.3, -0.25) is 19.5 Å². The summed E-state index contributed by atoms with van der Waals surface area (Å²) in [5.74, 6) is 0.168. The largest absolute Gasteiger partial charge is 0.593 e. The predicted molar refractivity (Wildman–Crippen MR) is 129 cm³/mol. The van der Waals surface area contributed by atoms with Crippen LogP contribution in [0.3, 0.4) is 0 Å². The van der Waals surface area contributed by atoms with Crippen LogP contribution in [0.15, 0.2) is 52.9 Å². The summed E-state index contributed by atoms with van der Waals surface area (Å²) in [5.41, 5.74) is 1.73. The van der Waals surface area contributed by atoms with E-state index in [-0.39, 0.29) is 11.7 Å². The number of carbonyl (C=O) groups excluding carboxylic acids is 1. The molecule has 2 aromatic carbocycles. The molecule has 2 aliphatic heterocycles. The van der Waals surface area contributed by atoms with Crippen molar-refractivity contribution in [2.45, 2.75) is 25.3 Å². The highest BCUT2D eigenvalue weighted by molar-refractivity contribution is 7.92. The third-order valence-electron chi connectivity index (χ3n) is 5.84. The second-order valence-corrected chi connectivity index (χ2v) is 10.1. The van der Waals surface area contributed by atoms with Crippen LogP contribution in [0.5, 0.6) is 5.75 Å². The molecule has 2 heterocycles. The molecule has 4 rings (SSSR count). The van der Waals surface area contributed by atoms with Crippen LogP contribution >= 0.6 is 0 Å². The van der Waals surface area contributed by atoms with E-state index in [0.717, 1.165) is 11.1 Å². The Morgan fingerprint density at radius 3 is 2.71 bits per heavy atom. The number of nitrogens with one attached hydrogen (secondary N) is 2. The molecule has 9 nitrogen and oxygen atoms in total. The molecule has 1 amide bonds. The van der Waals surface area contributed by atoms with E-state index in [4.69, 9.17) is 0 Å². The fourth-order valence-electron chi connectivity index (χ4n) is 3.97. The molecule has 0 aromatic heterocycles. The minimum atomic E-state index is -2.74. The molecular formula is C22H23FN4O5S2. The summed E-state index contributed by atoms with van der Waals surface area (Å²) in [5, 5.41) is 4.35. The molecule has 34 heavy (non-hydrogen) atoms. The van der Waals surface area contributed by atoms with Gasteiger partial charge in [0.05, 0.1) is 11.4 Å². The van der Waals surface area contributed by atoms with Gasteiger partial charge in [0, 0.05) is 28.9 Å². The summed E-state index contributed by atoms with van der Waals surface area (Å²) in [6, 6.07) is 11.3. The third-order valence-corrected chi connectivity index (χ3v) is 7.52. The monoisotopic (exact) mass is 506 g/mol. The van der Waals surface area contributed by atoms with Crippen LogP contribution in [0, 0.1) is 6.92 Å². The maximum absolute atomic E-state index is 12.8. The summed E-state index contributed by atoms with van der Waals surface area (Å²) in [6.07, 6.45) is 2.53. The molecule has 1 unspecified atom stereocenters. The maximum Gasteiger partial charge on any atom is 0.253 e. The van der Waals surface area contributed by atoms with Crippen molar-refractivity contribution >= 4 is 45.8 Å². The van der Waals surface area contributed by atoms with Crippen molar-refractivity contribution < 1.29 is 27.2 Å². The van der Waals surface area contributed by atoms with Gasteiger partial charge < -0.3 is 9.87 Å². The van der Waals surface area contributed by atoms with Gasteiger partial charge in [0.25, 0.3) is 5.91 Å². The number of nitrogens with zero attached hydrogens (tertiary/aromatic N) is 2. The summed E-state index contributed by atoms with van der Waals surface area (Å²) in [7, 11) is -2.74. The molecule has 2 N–H and O–H groups in total. The number of aliphatic imine (C=N–C) groups is 1. The van der Waals surface area contributed by atoms with Gasteiger partial charge in [-0.1, -0.05) is 18.2 Å². The lowest BCUT2D eigenvalue weighted by molar-refractivity contribution is -0.124. The topological polar surface area (TPSA) is 123 Å². The van der Waals surface area contributed by atoms with E-state index in [1.807, 2.05) is 6.92 Å². The van der Waals surface area contributed by atoms with E-state index in [2.05, 4.69) is 20.0 Å². The number of benzene rings is 2. The molecule has 1 saturated heterocycles. The molecule has 12 heteroatoms. The zero-order valence-corrected chi connectivity index (χ0v) is 19.9. The first-order chi connectivity index (χ1) is 16.3. The van der Waals surface area contributed by atoms with Crippen LogP contribution in [-0.2, 0) is 27.0 Å². The average Bonchev–Trinajstić information content (AvgIpc) is 3.14. The van der Waals surface area contributed by atoms with Crippen molar-refractivity contribution in [3.8, 4) is 5.75 Å². The first-order valence-electron chi connectivity index (χ1n) is 10.5. The number of thiol groups is 1. The maximum atomic E-state index is 12.8. The van der Waals surface area contributed by atoms with Crippen LogP contribution in [0.25, 0.3) is 6.08 Å². The molecule has 0 radical (unpaired) electrons. The first-order valence-corrected chi connectivity index (χ1v) is 12.8. The van der Waals surface area contributed by atoms with E-state index < -0.39 is 27.8 Å². The van der Waals surface area contributed by atoms with Crippen molar-refractivity contribution in [3.63, 3.8) is 0 Å². The normalized spacial score (nSPS) is 18.8. The van der Waals surface area contributed by atoms with Crippen LogP contribution in [0.4, 0.5) is 10.2 Å². The fourth-order valence-corrected chi connectivity index (χ4v) is 5.30. The minimum absolute atomic E-state index is 0.0226. The van der Waals surface area contributed by atoms with Crippen LogP contribution in [0.1, 0.15) is 29.5 Å². The minimum Gasteiger partial charge on any atom is -0.593 e. The van der Waals surface area contributed by atoms with Crippen LogP contribution in [0.2, 0.25) is 0 Å². The van der Waals surface area contributed by atoms with Crippen molar-refractivity contribution in [1.29, 1.82) is 0 Å². The van der Waals surface area contributed by atoms with Crippen molar-refractivity contribution in [3.05, 3.63) is 64.6 Å². The van der Waals surface area contributed by atoms with Gasteiger partial charge in [-0.15, -0.1) is 4.31 Å². The van der Waals surface area contributed by atoms with E-state index in [9.17, 15) is 22.3 Å². The lowest BCUT2D eigenvalue weighted by Gasteiger charge is -2.34. The lowest BCUT2D eigenvalue weighted by Crippen LogP contribution is -2.50. The van der Waals surface area contributed by atoms with Crippen LogP contribution < -0.4 is 15.0 Å². The third kappa shape index (κ3) is 5.25. The van der Waals surface area contributed by atoms with Crippen molar-refractivity contribution in [2.75, 3.05) is 17.8 Å². The molecule has 1 fully saturated rings. The Labute approximate surface area is 201 Å². The van der Waals surface area contributed by atoms with Crippen LogP contribution in [-0.4, -0.2) is 47.6 Å². The van der Waals surface area contributed by atoms with Gasteiger partial charge in [0.1, 0.15) is 16.8 Å². The summed E-state index contributed by atoms with van der Waals surface area (Å²) in [4.78, 5) is 21.1. The highest BCUT2D eigenvalue weighted by Gasteiger charge is 2.47. The van der Waals surface area contributed by atoms with Gasteiger partial charge in [0.15, 0.2) is 5.75 Å². The van der Waals surface area contributed by atoms with Gasteiger partial charge >= 0.3 is 0 Å². The predicted octanol–water partition coefficient (Wildman–Crippen LogP) is 2.24. The first kappa shape index (κ1) is 24.2. The number of amidine groups is 1. The molecule has 2 aliphatic rings. The molecule has 2 aromatic rings. The van der Waals surface area contributed by atoms with E-state index in [0.29, 0.717) is 43.0 Å². The number of hydrogen-bond donors (Lipinski definition) is 3. The summed E-state index contributed by atoms with van der Waals surface area (Å²) >= 11 is -1.40. The highest BCUT2D eigenvalue weighted by atomic mass is 32.2. The number of hydrogen-bond acceptors (Lipinski definition) is 7. The number of carbonyl (C=O) groups is 1. The molecule has 0 aliphatic carbocycles. The molecule has 1 spiro atoms. The Bertz CT molecular complexity index is 1220. The molecule has 180 valence electrons. The SMILES string of the molecule is Cc1cc(N[SH](=O)=O)ccc1/C=C/[S+]([O-])N1CCC2(CC1)N=C(c1cccc(OF)c1)NC2=O. The molecule has 0 bridgehead atoms. The lowest BCUT2D eigenvalue weighted by atomic mass is 9.89. The van der Waals surface area contributed by atoms with Crippen molar-refractivity contribution in [1.82, 2.24) is 9.62 Å². The van der Waals surface area contributed by atoms with Gasteiger partial charge in [-0.2, -0.15) is 0 Å². The number of anilines is 1. The smallest absolute Gasteiger partial charge is 0.253 e. The zero-order valence-electron chi connectivity index (χ0n) is 18.2. The Morgan fingerprint density at radius 2 is 2.03 bits per heavy atom. The molecular weight excluding hydrogens is 483 g/mol. The Balaban J connectivity index is 1.40. The van der Waals surface area contributed by atoms with E-state index >= 15 is 0 Å². The van der Waals surface area contributed by atoms with Gasteiger partial charge in [-0.05, 0) is 61.2 Å². The Hall–Kier alpha value is -2.93. The van der Waals surface area contributed by atoms with E-state index in [1.165, 1.54) is 12.1 Å². The van der Waals surface area contributed by atoms with Gasteiger partial charge in [0.2, 0.25) is 10.9 Å². The molecule has 1 atom stereocenters. The number of halogens is 1. The second-order valence-electron chi connectivity index (χ2n) is 8.00. The summed E-state index contributed by atoms with van der Waals surface area (Å²) < 4.78 is 51.0. The van der Waals surface area contributed by atoms with Crippen molar-refractivity contribution in [2.24, 2.45) is 4.99 Å². The summed E-state index contributed by atoms with van der Waals surface area (Å²) in [6.45, 7) is 2.65. The number of amides is 1. The Morgan fingerprint density at radius 1 is 1.26 bits per heavy atom. The zero-order chi connectivity index (χ0) is 24.3. The second kappa shape index (κ2) is 10.1. The standard InChI is InChI=1S/C22H23FN4O5S2/c1-15-13-18(26-34(30)31)6-5-16(15)7-12-33(29)27-10-8-22(9-11-27)21(28)24-20(25-22)17-3-2-4-19(14-17)32-23/h2-7,12-14,34H,8-11H2,1H3,(H,24,25,28)(H,26,30,31)/b12-7+. The average molecular weight is 507 g/mol. The number of rotatable bonds is 7. The Kier molecular flexibility index (Phi) is 7.22. The fraction of sp³-hybridized carbons (Fsp3) is 0.273. The van der Waals surface area contributed by atoms with E-state index in [1.54, 1.807) is 46.1 Å².